The maximum atomic E-state index is 11.1. The Labute approximate surface area is 106 Å². The summed E-state index contributed by atoms with van der Waals surface area (Å²) in [4.78, 5) is 11.1. The number of hydrogen-bond acceptors (Lipinski definition) is 4. The molecule has 0 saturated heterocycles. The van der Waals surface area contributed by atoms with E-state index in [9.17, 15) is 4.79 Å². The van der Waals surface area contributed by atoms with E-state index in [0.717, 1.165) is 5.56 Å². The van der Waals surface area contributed by atoms with Crippen LogP contribution in [0.15, 0.2) is 18.2 Å². The molecule has 0 aliphatic heterocycles. The summed E-state index contributed by atoms with van der Waals surface area (Å²) in [6.07, 6.45) is 1.06. The van der Waals surface area contributed by atoms with Crippen molar-refractivity contribution in [1.29, 1.82) is 5.26 Å². The highest BCUT2D eigenvalue weighted by Gasteiger charge is 2.07. The molecule has 0 bridgehead atoms. The first-order valence-corrected chi connectivity index (χ1v) is 5.58. The molecule has 5 heteroatoms. The Morgan fingerprint density at radius 2 is 2.22 bits per heavy atom. The number of benzene rings is 1. The lowest BCUT2D eigenvalue weighted by molar-refractivity contribution is -0.120. The number of ether oxygens (including phenoxy) is 2. The van der Waals surface area contributed by atoms with Gasteiger partial charge in [0.25, 0.3) is 0 Å². The average molecular weight is 248 g/mol. The van der Waals surface area contributed by atoms with Crippen molar-refractivity contribution >= 4 is 5.91 Å². The minimum absolute atomic E-state index is 0.00114. The number of hydrogen-bond donors (Lipinski definition) is 1. The lowest BCUT2D eigenvalue weighted by Gasteiger charge is -2.10. The topological polar surface area (TPSA) is 71.3 Å². The number of nitriles is 1. The van der Waals surface area contributed by atoms with Gasteiger partial charge in [0.05, 0.1) is 7.11 Å². The van der Waals surface area contributed by atoms with Gasteiger partial charge in [-0.15, -0.1) is 0 Å². The Morgan fingerprint density at radius 1 is 1.44 bits per heavy atom. The largest absolute Gasteiger partial charge is 0.493 e. The van der Waals surface area contributed by atoms with E-state index < -0.39 is 0 Å². The van der Waals surface area contributed by atoms with Crippen LogP contribution in [0.4, 0.5) is 0 Å². The summed E-state index contributed by atoms with van der Waals surface area (Å²) in [5, 5.41) is 11.0. The van der Waals surface area contributed by atoms with E-state index in [1.807, 2.05) is 18.2 Å². The Morgan fingerprint density at radius 3 is 2.83 bits per heavy atom. The molecule has 1 amide bonds. The molecule has 96 valence electrons. The van der Waals surface area contributed by atoms with Gasteiger partial charge in [0, 0.05) is 13.5 Å². The first-order valence-electron chi connectivity index (χ1n) is 5.58. The molecule has 1 aromatic rings. The molecule has 0 radical (unpaired) electrons. The molecular formula is C13H16N2O3. The number of carbonyl (C=O) groups is 1. The van der Waals surface area contributed by atoms with Gasteiger partial charge in [-0.25, -0.2) is 0 Å². The summed E-state index contributed by atoms with van der Waals surface area (Å²) in [6.45, 7) is -0.0199. The molecule has 1 N–H and O–H groups in total. The predicted molar refractivity (Wildman–Crippen MR) is 66.5 cm³/mol. The van der Waals surface area contributed by atoms with Crippen molar-refractivity contribution in [3.8, 4) is 17.6 Å². The van der Waals surface area contributed by atoms with Crippen LogP contribution in [0.5, 0.6) is 11.5 Å². The van der Waals surface area contributed by atoms with Crippen LogP contribution < -0.4 is 14.8 Å². The van der Waals surface area contributed by atoms with Gasteiger partial charge in [-0.05, 0) is 24.1 Å². The third kappa shape index (κ3) is 3.98. The summed E-state index contributed by atoms with van der Waals surface area (Å²) in [6, 6.07) is 7.32. The molecule has 0 aliphatic rings. The number of rotatable bonds is 6. The van der Waals surface area contributed by atoms with Gasteiger partial charge in [-0.3, -0.25) is 4.79 Å². The fraction of sp³-hybridized carbons (Fsp3) is 0.385. The molecule has 5 nitrogen and oxygen atoms in total. The Bertz CT molecular complexity index is 452. The molecule has 1 rings (SSSR count). The smallest absolute Gasteiger partial charge is 0.220 e. The van der Waals surface area contributed by atoms with Gasteiger partial charge in [-0.2, -0.15) is 5.26 Å². The van der Waals surface area contributed by atoms with Crippen LogP contribution in [0.25, 0.3) is 0 Å². The minimum atomic E-state index is -0.0199. The molecule has 1 aromatic carbocycles. The number of methoxy groups -OCH3 is 1. The lowest BCUT2D eigenvalue weighted by atomic mass is 10.1. The van der Waals surface area contributed by atoms with E-state index in [0.29, 0.717) is 24.3 Å². The standard InChI is InChI=1S/C13H16N2O3/c1-15-13(16)6-4-10-3-5-11(18-8-7-14)12(9-10)17-2/h3,5,9H,4,6,8H2,1-2H3,(H,15,16). The molecule has 0 heterocycles. The summed E-state index contributed by atoms with van der Waals surface area (Å²) in [7, 11) is 3.15. The summed E-state index contributed by atoms with van der Waals surface area (Å²) in [5.74, 6) is 1.10. The number of nitrogens with zero attached hydrogens (tertiary/aromatic N) is 1. The van der Waals surface area contributed by atoms with Crippen molar-refractivity contribution in [3.05, 3.63) is 23.8 Å². The van der Waals surface area contributed by atoms with E-state index in [1.54, 1.807) is 13.1 Å². The highest BCUT2D eigenvalue weighted by molar-refractivity contribution is 5.75. The Kier molecular flexibility index (Phi) is 5.52. The van der Waals surface area contributed by atoms with Gasteiger partial charge >= 0.3 is 0 Å². The predicted octanol–water partition coefficient (Wildman–Crippen LogP) is 1.28. The van der Waals surface area contributed by atoms with Crippen LogP contribution >= 0.6 is 0 Å². The van der Waals surface area contributed by atoms with Crippen molar-refractivity contribution in [2.75, 3.05) is 20.8 Å². The number of nitrogens with one attached hydrogen (secondary N) is 1. The molecule has 0 fully saturated rings. The third-order valence-electron chi connectivity index (χ3n) is 2.44. The highest BCUT2D eigenvalue weighted by Crippen LogP contribution is 2.28. The van der Waals surface area contributed by atoms with Crippen molar-refractivity contribution in [2.45, 2.75) is 12.8 Å². The van der Waals surface area contributed by atoms with Crippen molar-refractivity contribution in [1.82, 2.24) is 5.32 Å². The molecule has 0 aliphatic carbocycles. The second-order valence-electron chi connectivity index (χ2n) is 3.61. The fourth-order valence-corrected chi connectivity index (χ4v) is 1.48. The monoisotopic (exact) mass is 248 g/mol. The third-order valence-corrected chi connectivity index (χ3v) is 2.44. The summed E-state index contributed by atoms with van der Waals surface area (Å²) in [5.41, 5.74) is 0.986. The quantitative estimate of drug-likeness (QED) is 0.823. The first kappa shape index (κ1) is 13.8. The van der Waals surface area contributed by atoms with E-state index in [-0.39, 0.29) is 12.5 Å². The molecule has 0 spiro atoms. The van der Waals surface area contributed by atoms with E-state index in [4.69, 9.17) is 14.7 Å². The van der Waals surface area contributed by atoms with Gasteiger partial charge < -0.3 is 14.8 Å². The van der Waals surface area contributed by atoms with E-state index >= 15 is 0 Å². The van der Waals surface area contributed by atoms with Gasteiger partial charge in [0.15, 0.2) is 18.1 Å². The maximum absolute atomic E-state index is 11.1. The lowest BCUT2D eigenvalue weighted by Crippen LogP contribution is -2.17. The van der Waals surface area contributed by atoms with E-state index in [2.05, 4.69) is 5.32 Å². The Balaban J connectivity index is 2.72. The second-order valence-corrected chi connectivity index (χ2v) is 3.61. The summed E-state index contributed by atoms with van der Waals surface area (Å²) < 4.78 is 10.4. The maximum Gasteiger partial charge on any atom is 0.220 e. The molecule has 0 atom stereocenters. The van der Waals surface area contributed by atoms with Gasteiger partial charge in [0.1, 0.15) is 6.07 Å². The van der Waals surface area contributed by atoms with Gasteiger partial charge in [-0.1, -0.05) is 6.07 Å². The van der Waals surface area contributed by atoms with Crippen LogP contribution in [0, 0.1) is 11.3 Å². The van der Waals surface area contributed by atoms with Gasteiger partial charge in [0.2, 0.25) is 5.91 Å². The van der Waals surface area contributed by atoms with E-state index in [1.165, 1.54) is 7.11 Å². The molecule has 0 unspecified atom stereocenters. The SMILES string of the molecule is CNC(=O)CCc1ccc(OCC#N)c(OC)c1. The molecule has 0 aromatic heterocycles. The second kappa shape index (κ2) is 7.17. The zero-order valence-electron chi connectivity index (χ0n) is 10.5. The van der Waals surface area contributed by atoms with Crippen molar-refractivity contribution < 1.29 is 14.3 Å². The molecule has 0 saturated carbocycles. The van der Waals surface area contributed by atoms with Crippen molar-refractivity contribution in [3.63, 3.8) is 0 Å². The highest BCUT2D eigenvalue weighted by atomic mass is 16.5. The van der Waals surface area contributed by atoms with Crippen molar-refractivity contribution in [2.24, 2.45) is 0 Å². The number of carbonyl (C=O) groups excluding carboxylic acids is 1. The fourth-order valence-electron chi connectivity index (χ4n) is 1.48. The average Bonchev–Trinajstić information content (AvgIpc) is 2.42. The Hall–Kier alpha value is -2.22. The number of aryl methyl sites for hydroxylation is 1. The van der Waals surface area contributed by atoms with Crippen LogP contribution in [-0.2, 0) is 11.2 Å². The van der Waals surface area contributed by atoms with Crippen LogP contribution in [0.2, 0.25) is 0 Å². The zero-order valence-corrected chi connectivity index (χ0v) is 10.5. The normalized spacial score (nSPS) is 9.39. The van der Waals surface area contributed by atoms with Crippen LogP contribution in [-0.4, -0.2) is 26.7 Å². The number of amides is 1. The van der Waals surface area contributed by atoms with Crippen LogP contribution in [0.3, 0.4) is 0 Å². The van der Waals surface area contributed by atoms with Crippen LogP contribution in [0.1, 0.15) is 12.0 Å². The minimum Gasteiger partial charge on any atom is -0.493 e. The first-order chi connectivity index (χ1) is 8.71. The zero-order chi connectivity index (χ0) is 13.4. The molecule has 18 heavy (non-hydrogen) atoms. The summed E-state index contributed by atoms with van der Waals surface area (Å²) >= 11 is 0. The molecular weight excluding hydrogens is 232 g/mol.